The van der Waals surface area contributed by atoms with Gasteiger partial charge in [0.15, 0.2) is 5.75 Å². The van der Waals surface area contributed by atoms with Crippen molar-refractivity contribution in [3.63, 3.8) is 0 Å². The number of phenols is 1. The van der Waals surface area contributed by atoms with Gasteiger partial charge in [-0.25, -0.2) is 0 Å². The topological polar surface area (TPSA) is 112 Å². The molecule has 0 unspecified atom stereocenters. The number of azo groups is 1. The molecule has 0 amide bonds. The maximum absolute atomic E-state index is 12.1. The van der Waals surface area contributed by atoms with Crippen molar-refractivity contribution in [3.8, 4) is 5.75 Å². The van der Waals surface area contributed by atoms with E-state index in [1.807, 2.05) is 91.8 Å². The van der Waals surface area contributed by atoms with Gasteiger partial charge in [0.25, 0.3) is 10.1 Å². The normalized spacial score (nSPS) is 11.4. The molecule has 0 atom stereocenters. The van der Waals surface area contributed by atoms with E-state index in [-0.39, 0.29) is 11.4 Å². The molecular weight excluding hydrogens is 522 g/mol. The third-order valence-corrected chi connectivity index (χ3v) is 6.17. The van der Waals surface area contributed by atoms with Crippen LogP contribution in [0.3, 0.4) is 0 Å². The lowest BCUT2D eigenvalue weighted by Crippen LogP contribution is -2.01. The van der Waals surface area contributed by atoms with Crippen LogP contribution < -0.4 is 0 Å². The third-order valence-electron chi connectivity index (χ3n) is 5.31. The van der Waals surface area contributed by atoms with Crippen molar-refractivity contribution in [2.45, 2.75) is 66.7 Å². The molecule has 0 saturated carbocycles. The van der Waals surface area contributed by atoms with Gasteiger partial charge in [-0.05, 0) is 40.8 Å². The Morgan fingerprint density at radius 3 is 1.85 bits per heavy atom. The van der Waals surface area contributed by atoms with E-state index in [0.29, 0.717) is 28.6 Å². The van der Waals surface area contributed by atoms with Gasteiger partial charge >= 0.3 is 0 Å². The predicted octanol–water partition coefficient (Wildman–Crippen LogP) is 9.99. The number of aromatic hydroxyl groups is 1. The molecule has 214 valence electrons. The Hall–Kier alpha value is -3.88. The first-order valence-corrected chi connectivity index (χ1v) is 15.2. The summed E-state index contributed by atoms with van der Waals surface area (Å²) >= 11 is 0. The standard InChI is InChI=1S/C24H17N3O4S.4C2H6/c28-24-22-16(11-12-19-18(22)14-20(25-19)15-7-3-1-4-8-15)13-21(32(29,30)31)23(24)27-26-17-9-5-2-6-10-17;4*1-2/h1-13,28H,14H2,(H,29,30,31);4*1-2H3. The largest absolute Gasteiger partial charge is 0.505 e. The lowest BCUT2D eigenvalue weighted by atomic mass is 9.97. The molecule has 40 heavy (non-hydrogen) atoms. The highest BCUT2D eigenvalue weighted by molar-refractivity contribution is 7.86. The molecule has 2 N–H and O–H groups in total. The van der Waals surface area contributed by atoms with Crippen LogP contribution in [0.15, 0.2) is 99.0 Å². The Kier molecular flexibility index (Phi) is 14.5. The molecule has 7 nitrogen and oxygen atoms in total. The van der Waals surface area contributed by atoms with Crippen LogP contribution in [-0.2, 0) is 16.5 Å². The molecule has 1 aliphatic heterocycles. The number of rotatable bonds is 4. The van der Waals surface area contributed by atoms with Crippen molar-refractivity contribution in [2.75, 3.05) is 0 Å². The first kappa shape index (κ1) is 34.1. The summed E-state index contributed by atoms with van der Waals surface area (Å²) in [6, 6.07) is 23.1. The number of hydrogen-bond acceptors (Lipinski definition) is 6. The lowest BCUT2D eigenvalue weighted by molar-refractivity contribution is 0.472. The Morgan fingerprint density at radius 1 is 0.750 bits per heavy atom. The van der Waals surface area contributed by atoms with E-state index >= 15 is 0 Å². The van der Waals surface area contributed by atoms with E-state index in [1.54, 1.807) is 36.4 Å². The quantitative estimate of drug-likeness (QED) is 0.190. The highest BCUT2D eigenvalue weighted by Gasteiger charge is 2.26. The first-order valence-electron chi connectivity index (χ1n) is 13.8. The van der Waals surface area contributed by atoms with Crippen LogP contribution in [0.2, 0.25) is 0 Å². The van der Waals surface area contributed by atoms with Crippen LogP contribution >= 0.6 is 0 Å². The molecule has 0 saturated heterocycles. The minimum Gasteiger partial charge on any atom is -0.505 e. The minimum absolute atomic E-state index is 0.314. The van der Waals surface area contributed by atoms with Gasteiger partial charge in [-0.15, -0.1) is 5.11 Å². The molecule has 1 heterocycles. The molecule has 0 aromatic heterocycles. The number of aliphatic imine (C=N–C) groups is 1. The van der Waals surface area contributed by atoms with E-state index in [1.165, 1.54) is 6.07 Å². The van der Waals surface area contributed by atoms with Gasteiger partial charge in [0.05, 0.1) is 17.1 Å². The highest BCUT2D eigenvalue weighted by Crippen LogP contribution is 2.46. The van der Waals surface area contributed by atoms with Gasteiger partial charge in [0.2, 0.25) is 0 Å². The molecule has 0 aliphatic carbocycles. The van der Waals surface area contributed by atoms with E-state index in [2.05, 4.69) is 10.2 Å². The maximum Gasteiger partial charge on any atom is 0.296 e. The molecular formula is C32H41N3O4S. The van der Waals surface area contributed by atoms with Gasteiger partial charge < -0.3 is 5.11 Å². The van der Waals surface area contributed by atoms with Crippen LogP contribution in [0.5, 0.6) is 5.75 Å². The summed E-state index contributed by atoms with van der Waals surface area (Å²) in [7, 11) is -4.66. The number of nitrogens with zero attached hydrogens (tertiary/aromatic N) is 3. The van der Waals surface area contributed by atoms with Crippen molar-refractivity contribution in [1.82, 2.24) is 0 Å². The summed E-state index contributed by atoms with van der Waals surface area (Å²) in [6.45, 7) is 16.0. The summed E-state index contributed by atoms with van der Waals surface area (Å²) < 4.78 is 33.9. The minimum atomic E-state index is -4.66. The van der Waals surface area contributed by atoms with Crippen molar-refractivity contribution >= 4 is 43.7 Å². The summed E-state index contributed by atoms with van der Waals surface area (Å²) in [5.74, 6) is -0.365. The summed E-state index contributed by atoms with van der Waals surface area (Å²) in [5, 5.41) is 20.0. The highest BCUT2D eigenvalue weighted by atomic mass is 32.2. The molecule has 8 heteroatoms. The monoisotopic (exact) mass is 563 g/mol. The third kappa shape index (κ3) is 8.07. The van der Waals surface area contributed by atoms with E-state index < -0.39 is 15.0 Å². The number of benzene rings is 4. The number of hydrogen-bond donors (Lipinski definition) is 2. The van der Waals surface area contributed by atoms with Crippen LogP contribution in [0.4, 0.5) is 17.1 Å². The molecule has 0 bridgehead atoms. The number of phenolic OH excluding ortho intramolecular Hbond substituents is 1. The second-order valence-corrected chi connectivity index (χ2v) is 8.74. The molecule has 0 radical (unpaired) electrons. The Labute approximate surface area is 239 Å². The smallest absolute Gasteiger partial charge is 0.296 e. The molecule has 4 aromatic rings. The maximum atomic E-state index is 12.1. The molecule has 5 rings (SSSR count). The first-order chi connectivity index (χ1) is 19.4. The van der Waals surface area contributed by atoms with Crippen molar-refractivity contribution in [2.24, 2.45) is 15.2 Å². The fraction of sp³-hybridized carbons (Fsp3) is 0.281. The fourth-order valence-electron chi connectivity index (χ4n) is 3.83. The summed E-state index contributed by atoms with van der Waals surface area (Å²) in [5.41, 5.74) is 3.43. The zero-order valence-electron chi connectivity index (χ0n) is 24.7. The Morgan fingerprint density at radius 2 is 1.30 bits per heavy atom. The van der Waals surface area contributed by atoms with Crippen molar-refractivity contribution in [1.29, 1.82) is 0 Å². The lowest BCUT2D eigenvalue weighted by Gasteiger charge is -2.12. The zero-order chi connectivity index (χ0) is 30.3. The van der Waals surface area contributed by atoms with Gasteiger partial charge in [0, 0.05) is 11.8 Å². The Bertz CT molecular complexity index is 1520. The number of fused-ring (bicyclic) bond motifs is 3. The second-order valence-electron chi connectivity index (χ2n) is 7.35. The fourth-order valence-corrected chi connectivity index (χ4v) is 4.49. The van der Waals surface area contributed by atoms with Crippen LogP contribution in [0, 0.1) is 0 Å². The van der Waals surface area contributed by atoms with Gasteiger partial charge in [-0.1, -0.05) is 110 Å². The van der Waals surface area contributed by atoms with E-state index in [9.17, 15) is 18.1 Å². The molecule has 4 aromatic carbocycles. The predicted molar refractivity (Wildman–Crippen MR) is 168 cm³/mol. The van der Waals surface area contributed by atoms with Crippen LogP contribution in [-0.4, -0.2) is 23.8 Å². The Balaban J connectivity index is 0.000000921. The summed E-state index contributed by atoms with van der Waals surface area (Å²) in [6.07, 6.45) is 0.463. The molecule has 0 fully saturated rings. The van der Waals surface area contributed by atoms with Crippen molar-refractivity contribution < 1.29 is 18.1 Å². The SMILES string of the molecule is CC.CC.CC.CC.O=S(=O)(O)c1cc2ccc3c(c2c(O)c1N=Nc1ccccc1)CC(c1ccccc1)=N3. The average Bonchev–Trinajstić information content (AvgIpc) is 3.46. The van der Waals surface area contributed by atoms with E-state index in [0.717, 1.165) is 16.8 Å². The van der Waals surface area contributed by atoms with E-state index in [4.69, 9.17) is 4.99 Å². The summed E-state index contributed by atoms with van der Waals surface area (Å²) in [4.78, 5) is 4.18. The van der Waals surface area contributed by atoms with Gasteiger partial charge in [-0.3, -0.25) is 9.55 Å². The van der Waals surface area contributed by atoms with Crippen LogP contribution in [0.1, 0.15) is 66.5 Å². The molecule has 0 spiro atoms. The zero-order valence-corrected chi connectivity index (χ0v) is 25.5. The van der Waals surface area contributed by atoms with Crippen LogP contribution in [0.25, 0.3) is 10.8 Å². The van der Waals surface area contributed by atoms with Gasteiger partial charge in [0.1, 0.15) is 10.6 Å². The average molecular weight is 564 g/mol. The van der Waals surface area contributed by atoms with Crippen molar-refractivity contribution in [3.05, 3.63) is 90.0 Å². The molecule has 1 aliphatic rings. The van der Waals surface area contributed by atoms with Gasteiger partial charge in [-0.2, -0.15) is 13.5 Å². The second kappa shape index (κ2) is 16.9.